The SMILES string of the molecule is COc1ccc(C(=O)O)c(OCC(=O)N(Cc2cccc(Cl)c2)[C@H](C)c2ccccc2)c1. The number of carboxylic acid groups (broad SMARTS) is 1. The lowest BCUT2D eigenvalue weighted by Gasteiger charge is -2.30. The Morgan fingerprint density at radius 2 is 1.78 bits per heavy atom. The molecule has 3 aromatic rings. The molecule has 1 N–H and O–H groups in total. The number of rotatable bonds is 9. The van der Waals surface area contributed by atoms with E-state index in [1.165, 1.54) is 25.3 Å². The minimum Gasteiger partial charge on any atom is -0.497 e. The van der Waals surface area contributed by atoms with Gasteiger partial charge in [-0.3, -0.25) is 4.79 Å². The number of carbonyl (C=O) groups is 2. The molecule has 1 amide bonds. The first-order valence-electron chi connectivity index (χ1n) is 10.0. The standard InChI is InChI=1S/C25H24ClNO5/c1-17(19-8-4-3-5-9-19)27(15-18-7-6-10-20(26)13-18)24(28)16-32-23-14-21(31-2)11-12-22(23)25(29)30/h3-14,17H,15-16H2,1-2H3,(H,29,30)/t17-/m1/s1. The van der Waals surface area contributed by atoms with Crippen LogP contribution in [0.3, 0.4) is 0 Å². The second-order valence-corrected chi connectivity index (χ2v) is 7.63. The van der Waals surface area contributed by atoms with Crippen LogP contribution in [0.4, 0.5) is 0 Å². The number of amides is 1. The van der Waals surface area contributed by atoms with Gasteiger partial charge in [-0.1, -0.05) is 54.1 Å². The first-order chi connectivity index (χ1) is 15.4. The first-order valence-corrected chi connectivity index (χ1v) is 10.4. The normalized spacial score (nSPS) is 11.5. The molecule has 0 aromatic heterocycles. The summed E-state index contributed by atoms with van der Waals surface area (Å²) in [5.41, 5.74) is 1.80. The Morgan fingerprint density at radius 1 is 1.03 bits per heavy atom. The number of benzene rings is 3. The van der Waals surface area contributed by atoms with E-state index in [-0.39, 0.29) is 29.9 Å². The van der Waals surface area contributed by atoms with Gasteiger partial charge in [-0.15, -0.1) is 0 Å². The van der Waals surface area contributed by atoms with Crippen LogP contribution >= 0.6 is 11.6 Å². The van der Waals surface area contributed by atoms with Crippen molar-refractivity contribution < 1.29 is 24.2 Å². The van der Waals surface area contributed by atoms with E-state index in [2.05, 4.69) is 0 Å². The number of aromatic carboxylic acids is 1. The van der Waals surface area contributed by atoms with Gasteiger partial charge in [-0.2, -0.15) is 0 Å². The van der Waals surface area contributed by atoms with E-state index in [0.29, 0.717) is 17.3 Å². The average Bonchev–Trinajstić information content (AvgIpc) is 2.80. The molecular formula is C25H24ClNO5. The molecule has 32 heavy (non-hydrogen) atoms. The van der Waals surface area contributed by atoms with Crippen LogP contribution in [0.1, 0.15) is 34.5 Å². The van der Waals surface area contributed by atoms with Crippen LogP contribution in [0, 0.1) is 0 Å². The minimum atomic E-state index is -1.15. The maximum Gasteiger partial charge on any atom is 0.339 e. The van der Waals surface area contributed by atoms with E-state index >= 15 is 0 Å². The van der Waals surface area contributed by atoms with E-state index in [1.807, 2.05) is 55.5 Å². The summed E-state index contributed by atoms with van der Waals surface area (Å²) in [7, 11) is 1.47. The van der Waals surface area contributed by atoms with Crippen LogP contribution in [0.5, 0.6) is 11.5 Å². The Balaban J connectivity index is 1.84. The third kappa shape index (κ3) is 5.80. The molecule has 166 valence electrons. The number of hydrogen-bond acceptors (Lipinski definition) is 4. The fourth-order valence-corrected chi connectivity index (χ4v) is 3.55. The highest BCUT2D eigenvalue weighted by molar-refractivity contribution is 6.30. The molecule has 1 atom stereocenters. The number of nitrogens with zero attached hydrogens (tertiary/aromatic N) is 1. The van der Waals surface area contributed by atoms with Crippen molar-refractivity contribution >= 4 is 23.5 Å². The van der Waals surface area contributed by atoms with Crippen LogP contribution in [0.25, 0.3) is 0 Å². The molecule has 0 unspecified atom stereocenters. The van der Waals surface area contributed by atoms with Crippen LogP contribution in [-0.4, -0.2) is 35.6 Å². The van der Waals surface area contributed by atoms with Crippen LogP contribution < -0.4 is 9.47 Å². The summed E-state index contributed by atoms with van der Waals surface area (Å²) in [6.45, 7) is 1.93. The predicted octanol–water partition coefficient (Wildman–Crippen LogP) is 5.22. The van der Waals surface area contributed by atoms with Gasteiger partial charge in [0.1, 0.15) is 17.1 Å². The molecule has 0 aliphatic rings. The number of methoxy groups -OCH3 is 1. The summed E-state index contributed by atoms with van der Waals surface area (Å²) in [5, 5.41) is 10.0. The third-order valence-corrected chi connectivity index (χ3v) is 5.32. The Bertz CT molecular complexity index is 1090. The second-order valence-electron chi connectivity index (χ2n) is 7.19. The Labute approximate surface area is 192 Å². The van der Waals surface area contributed by atoms with Crippen molar-refractivity contribution in [3.63, 3.8) is 0 Å². The fourth-order valence-electron chi connectivity index (χ4n) is 3.33. The highest BCUT2D eigenvalue weighted by Crippen LogP contribution is 2.27. The van der Waals surface area contributed by atoms with Crippen molar-refractivity contribution in [2.45, 2.75) is 19.5 Å². The predicted molar refractivity (Wildman–Crippen MR) is 122 cm³/mol. The van der Waals surface area contributed by atoms with Gasteiger partial charge in [-0.05, 0) is 42.3 Å². The molecule has 0 bridgehead atoms. The summed E-state index contributed by atoms with van der Waals surface area (Å²) >= 11 is 6.13. The van der Waals surface area contributed by atoms with Crippen LogP contribution in [-0.2, 0) is 11.3 Å². The maximum atomic E-state index is 13.2. The van der Waals surface area contributed by atoms with Gasteiger partial charge >= 0.3 is 5.97 Å². The molecule has 6 nitrogen and oxygen atoms in total. The molecule has 0 spiro atoms. The van der Waals surface area contributed by atoms with Crippen molar-refractivity contribution in [1.29, 1.82) is 0 Å². The largest absolute Gasteiger partial charge is 0.497 e. The smallest absolute Gasteiger partial charge is 0.339 e. The highest BCUT2D eigenvalue weighted by Gasteiger charge is 2.23. The topological polar surface area (TPSA) is 76.1 Å². The highest BCUT2D eigenvalue weighted by atomic mass is 35.5. The molecule has 0 fully saturated rings. The van der Waals surface area contributed by atoms with E-state index < -0.39 is 5.97 Å². The van der Waals surface area contributed by atoms with Gasteiger partial charge in [0.05, 0.1) is 13.2 Å². The average molecular weight is 454 g/mol. The summed E-state index contributed by atoms with van der Waals surface area (Å²) in [6, 6.07) is 21.1. The van der Waals surface area contributed by atoms with Gasteiger partial charge in [0, 0.05) is 17.6 Å². The van der Waals surface area contributed by atoms with Crippen molar-refractivity contribution in [2.75, 3.05) is 13.7 Å². The lowest BCUT2D eigenvalue weighted by molar-refractivity contribution is -0.136. The molecule has 0 radical (unpaired) electrons. The van der Waals surface area contributed by atoms with Crippen molar-refractivity contribution in [3.8, 4) is 11.5 Å². The molecule has 3 aromatic carbocycles. The molecule has 0 aliphatic carbocycles. The van der Waals surface area contributed by atoms with E-state index in [4.69, 9.17) is 21.1 Å². The van der Waals surface area contributed by atoms with Gasteiger partial charge in [0.2, 0.25) is 0 Å². The van der Waals surface area contributed by atoms with Crippen molar-refractivity contribution in [3.05, 3.63) is 94.5 Å². The summed E-state index contributed by atoms with van der Waals surface area (Å²) in [6.07, 6.45) is 0. The zero-order valence-corrected chi connectivity index (χ0v) is 18.6. The molecule has 0 heterocycles. The summed E-state index contributed by atoms with van der Waals surface area (Å²) in [4.78, 5) is 26.5. The zero-order valence-electron chi connectivity index (χ0n) is 17.8. The zero-order chi connectivity index (χ0) is 23.1. The number of ether oxygens (including phenoxy) is 2. The fraction of sp³-hybridized carbons (Fsp3) is 0.200. The lowest BCUT2D eigenvalue weighted by Crippen LogP contribution is -2.36. The van der Waals surface area contributed by atoms with Crippen molar-refractivity contribution in [2.24, 2.45) is 0 Å². The quantitative estimate of drug-likeness (QED) is 0.481. The maximum absolute atomic E-state index is 13.2. The minimum absolute atomic E-state index is 0.0453. The van der Waals surface area contributed by atoms with E-state index in [9.17, 15) is 14.7 Å². The number of carbonyl (C=O) groups excluding carboxylic acids is 1. The van der Waals surface area contributed by atoms with Gasteiger partial charge in [-0.25, -0.2) is 4.79 Å². The van der Waals surface area contributed by atoms with Crippen LogP contribution in [0.15, 0.2) is 72.8 Å². The van der Waals surface area contributed by atoms with Gasteiger partial charge in [0.15, 0.2) is 6.61 Å². The van der Waals surface area contributed by atoms with E-state index in [0.717, 1.165) is 11.1 Å². The molecule has 0 saturated carbocycles. The number of halogens is 1. The monoisotopic (exact) mass is 453 g/mol. The molecule has 7 heteroatoms. The van der Waals surface area contributed by atoms with E-state index in [1.54, 1.807) is 11.0 Å². The summed E-state index contributed by atoms with van der Waals surface area (Å²) < 4.78 is 10.8. The lowest BCUT2D eigenvalue weighted by atomic mass is 10.1. The van der Waals surface area contributed by atoms with Gasteiger partial charge in [0.25, 0.3) is 5.91 Å². The Kier molecular flexibility index (Phi) is 7.73. The molecule has 0 aliphatic heterocycles. The molecule has 0 saturated heterocycles. The van der Waals surface area contributed by atoms with Gasteiger partial charge < -0.3 is 19.5 Å². The molecule has 3 rings (SSSR count). The number of carboxylic acids is 1. The summed E-state index contributed by atoms with van der Waals surface area (Å²) in [5.74, 6) is -0.935. The Morgan fingerprint density at radius 3 is 2.44 bits per heavy atom. The first kappa shape index (κ1) is 23.2. The van der Waals surface area contributed by atoms with Crippen LogP contribution in [0.2, 0.25) is 5.02 Å². The van der Waals surface area contributed by atoms with Crippen molar-refractivity contribution in [1.82, 2.24) is 4.90 Å². The third-order valence-electron chi connectivity index (χ3n) is 5.08. The second kappa shape index (κ2) is 10.7. The Hall–Kier alpha value is -3.51. The molecular weight excluding hydrogens is 430 g/mol. The number of hydrogen-bond donors (Lipinski definition) is 1.